The Bertz CT molecular complexity index is 335. The zero-order valence-corrected chi connectivity index (χ0v) is 9.71. The first-order chi connectivity index (χ1) is 7.93. The number of hydrogen-bond acceptors (Lipinski definition) is 3. The van der Waals surface area contributed by atoms with E-state index in [0.29, 0.717) is 11.8 Å². The van der Waals surface area contributed by atoms with Crippen LogP contribution in [0.1, 0.15) is 62.0 Å². The van der Waals surface area contributed by atoms with Crippen molar-refractivity contribution in [2.75, 3.05) is 13.1 Å². The Labute approximate surface area is 96.2 Å². The summed E-state index contributed by atoms with van der Waals surface area (Å²) in [6.07, 6.45) is 7.60. The molecular formula is C12H20N4. The minimum absolute atomic E-state index is 0.594. The van der Waals surface area contributed by atoms with Crippen LogP contribution in [0.3, 0.4) is 0 Å². The maximum absolute atomic E-state index is 4.70. The van der Waals surface area contributed by atoms with Crippen molar-refractivity contribution in [3.8, 4) is 0 Å². The first kappa shape index (κ1) is 10.3. The molecule has 88 valence electrons. The van der Waals surface area contributed by atoms with Gasteiger partial charge in [0, 0.05) is 11.8 Å². The molecule has 0 aromatic carbocycles. The maximum atomic E-state index is 4.70. The molecule has 0 spiro atoms. The van der Waals surface area contributed by atoms with Gasteiger partial charge in [0.2, 0.25) is 0 Å². The number of aromatic nitrogens is 3. The van der Waals surface area contributed by atoms with Gasteiger partial charge in [-0.25, -0.2) is 4.98 Å². The highest BCUT2D eigenvalue weighted by molar-refractivity contribution is 5.05. The van der Waals surface area contributed by atoms with Crippen molar-refractivity contribution in [2.24, 2.45) is 0 Å². The fraction of sp³-hybridized carbons (Fsp3) is 0.833. The van der Waals surface area contributed by atoms with Gasteiger partial charge in [-0.2, -0.15) is 5.10 Å². The van der Waals surface area contributed by atoms with E-state index in [-0.39, 0.29) is 0 Å². The van der Waals surface area contributed by atoms with Crippen molar-refractivity contribution in [3.63, 3.8) is 0 Å². The van der Waals surface area contributed by atoms with Gasteiger partial charge >= 0.3 is 0 Å². The van der Waals surface area contributed by atoms with Crippen molar-refractivity contribution in [1.82, 2.24) is 20.5 Å². The second-order valence-electron chi connectivity index (χ2n) is 5.08. The third-order valence-electron chi connectivity index (χ3n) is 3.95. The van der Waals surface area contributed by atoms with Gasteiger partial charge in [0.05, 0.1) is 0 Å². The standard InChI is InChI=1S/C12H20N4/c1-3-9(4-1)11-14-12(16-15-11)10-5-2-7-13-8-6-10/h9-10,13H,1-8H2,(H,14,15,16). The zero-order valence-electron chi connectivity index (χ0n) is 9.71. The highest BCUT2D eigenvalue weighted by atomic mass is 15.2. The first-order valence-electron chi connectivity index (χ1n) is 6.56. The molecule has 2 aliphatic rings. The van der Waals surface area contributed by atoms with Gasteiger partial charge in [-0.1, -0.05) is 6.42 Å². The lowest BCUT2D eigenvalue weighted by Gasteiger charge is -2.21. The summed E-state index contributed by atoms with van der Waals surface area (Å²) >= 11 is 0. The summed E-state index contributed by atoms with van der Waals surface area (Å²) < 4.78 is 0. The number of rotatable bonds is 2. The molecule has 1 unspecified atom stereocenters. The topological polar surface area (TPSA) is 53.6 Å². The highest BCUT2D eigenvalue weighted by Crippen LogP contribution is 2.35. The van der Waals surface area contributed by atoms with Crippen LogP contribution in [0.5, 0.6) is 0 Å². The average molecular weight is 220 g/mol. The van der Waals surface area contributed by atoms with E-state index >= 15 is 0 Å². The average Bonchev–Trinajstić information content (AvgIpc) is 2.52. The quantitative estimate of drug-likeness (QED) is 0.800. The van der Waals surface area contributed by atoms with Gasteiger partial charge in [0.1, 0.15) is 5.82 Å². The molecule has 1 saturated carbocycles. The molecule has 2 N–H and O–H groups in total. The van der Waals surface area contributed by atoms with E-state index in [1.54, 1.807) is 0 Å². The fourth-order valence-electron chi connectivity index (χ4n) is 2.61. The molecule has 1 aromatic heterocycles. The van der Waals surface area contributed by atoms with Crippen molar-refractivity contribution < 1.29 is 0 Å². The third-order valence-corrected chi connectivity index (χ3v) is 3.95. The van der Waals surface area contributed by atoms with E-state index in [2.05, 4.69) is 15.5 Å². The van der Waals surface area contributed by atoms with Gasteiger partial charge in [-0.3, -0.25) is 5.10 Å². The molecular weight excluding hydrogens is 200 g/mol. The Kier molecular flexibility index (Phi) is 2.91. The van der Waals surface area contributed by atoms with Crippen LogP contribution < -0.4 is 5.32 Å². The molecule has 1 saturated heterocycles. The second kappa shape index (κ2) is 4.53. The summed E-state index contributed by atoms with van der Waals surface area (Å²) in [5, 5.41) is 11.0. The van der Waals surface area contributed by atoms with Gasteiger partial charge in [0.15, 0.2) is 5.82 Å². The maximum Gasteiger partial charge on any atom is 0.153 e. The minimum atomic E-state index is 0.594. The number of aromatic amines is 1. The molecule has 4 nitrogen and oxygen atoms in total. The van der Waals surface area contributed by atoms with E-state index in [9.17, 15) is 0 Å². The Balaban J connectivity index is 1.70. The number of hydrogen-bond donors (Lipinski definition) is 2. The predicted molar refractivity (Wildman–Crippen MR) is 62.4 cm³/mol. The van der Waals surface area contributed by atoms with E-state index in [1.165, 1.54) is 38.5 Å². The SMILES string of the molecule is C1CC(c2n[nH]c(C3CCCNCC3)n2)C1. The minimum Gasteiger partial charge on any atom is -0.317 e. The van der Waals surface area contributed by atoms with Crippen LogP contribution in [0, 0.1) is 0 Å². The van der Waals surface area contributed by atoms with E-state index < -0.39 is 0 Å². The molecule has 2 heterocycles. The summed E-state index contributed by atoms with van der Waals surface area (Å²) in [5.41, 5.74) is 0. The summed E-state index contributed by atoms with van der Waals surface area (Å²) in [4.78, 5) is 4.70. The highest BCUT2D eigenvalue weighted by Gasteiger charge is 2.25. The molecule has 3 rings (SSSR count). The number of nitrogens with zero attached hydrogens (tertiary/aromatic N) is 2. The first-order valence-corrected chi connectivity index (χ1v) is 6.56. The van der Waals surface area contributed by atoms with E-state index in [1.807, 2.05) is 0 Å². The fourth-order valence-corrected chi connectivity index (χ4v) is 2.61. The van der Waals surface area contributed by atoms with E-state index in [4.69, 9.17) is 4.98 Å². The van der Waals surface area contributed by atoms with Crippen molar-refractivity contribution in [3.05, 3.63) is 11.6 Å². The number of nitrogens with one attached hydrogen (secondary N) is 2. The van der Waals surface area contributed by atoms with Crippen LogP contribution in [0.15, 0.2) is 0 Å². The van der Waals surface area contributed by atoms with Crippen LogP contribution in [0.4, 0.5) is 0 Å². The largest absolute Gasteiger partial charge is 0.317 e. The lowest BCUT2D eigenvalue weighted by Crippen LogP contribution is -2.14. The van der Waals surface area contributed by atoms with Crippen LogP contribution in [-0.4, -0.2) is 28.3 Å². The Morgan fingerprint density at radius 3 is 2.62 bits per heavy atom. The zero-order chi connectivity index (χ0) is 10.8. The smallest absolute Gasteiger partial charge is 0.153 e. The molecule has 4 heteroatoms. The van der Waals surface area contributed by atoms with Crippen LogP contribution in [0.2, 0.25) is 0 Å². The van der Waals surface area contributed by atoms with Crippen LogP contribution in [0.25, 0.3) is 0 Å². The Morgan fingerprint density at radius 2 is 1.81 bits per heavy atom. The van der Waals surface area contributed by atoms with Crippen LogP contribution in [-0.2, 0) is 0 Å². The summed E-state index contributed by atoms with van der Waals surface area (Å²) in [6, 6.07) is 0. The summed E-state index contributed by atoms with van der Waals surface area (Å²) in [6.45, 7) is 2.27. The van der Waals surface area contributed by atoms with Gasteiger partial charge in [-0.15, -0.1) is 0 Å². The van der Waals surface area contributed by atoms with Gasteiger partial charge in [-0.05, 0) is 45.2 Å². The monoisotopic (exact) mass is 220 g/mol. The molecule has 1 aliphatic heterocycles. The van der Waals surface area contributed by atoms with E-state index in [0.717, 1.165) is 24.7 Å². The molecule has 16 heavy (non-hydrogen) atoms. The summed E-state index contributed by atoms with van der Waals surface area (Å²) in [7, 11) is 0. The van der Waals surface area contributed by atoms with Crippen molar-refractivity contribution >= 4 is 0 Å². The second-order valence-corrected chi connectivity index (χ2v) is 5.08. The molecule has 2 fully saturated rings. The Hall–Kier alpha value is -0.900. The molecule has 1 aliphatic carbocycles. The van der Waals surface area contributed by atoms with Crippen LogP contribution >= 0.6 is 0 Å². The molecule has 1 aromatic rings. The van der Waals surface area contributed by atoms with Gasteiger partial charge in [0.25, 0.3) is 0 Å². The molecule has 1 atom stereocenters. The summed E-state index contributed by atoms with van der Waals surface area (Å²) in [5.74, 6) is 3.44. The van der Waals surface area contributed by atoms with Crippen molar-refractivity contribution in [1.29, 1.82) is 0 Å². The lowest BCUT2D eigenvalue weighted by molar-refractivity contribution is 0.402. The van der Waals surface area contributed by atoms with Crippen molar-refractivity contribution in [2.45, 2.75) is 50.4 Å². The predicted octanol–water partition coefficient (Wildman–Crippen LogP) is 1.93. The number of H-pyrrole nitrogens is 1. The normalized spacial score (nSPS) is 27.4. The van der Waals surface area contributed by atoms with Gasteiger partial charge < -0.3 is 5.32 Å². The molecule has 0 amide bonds. The third kappa shape index (κ3) is 1.98. The Morgan fingerprint density at radius 1 is 0.938 bits per heavy atom. The molecule has 0 radical (unpaired) electrons. The lowest BCUT2D eigenvalue weighted by atomic mass is 9.85. The molecule has 0 bridgehead atoms.